The van der Waals surface area contributed by atoms with Gasteiger partial charge in [-0.15, -0.1) is 0 Å². The Hall–Kier alpha value is -1.79. The molecule has 0 spiro atoms. The molecule has 1 aromatic rings. The van der Waals surface area contributed by atoms with E-state index in [-0.39, 0.29) is 5.91 Å². The number of nitrogen functional groups attached to an aromatic ring is 1. The molecule has 6 heteroatoms. The van der Waals surface area contributed by atoms with Crippen molar-refractivity contribution in [3.8, 4) is 5.75 Å². The quantitative estimate of drug-likeness (QED) is 0.538. The van der Waals surface area contributed by atoms with Gasteiger partial charge in [0.1, 0.15) is 11.9 Å². The molecule has 0 radical (unpaired) electrons. The molecule has 1 amide bonds. The normalized spacial score (nSPS) is 12.0. The lowest BCUT2D eigenvalue weighted by Gasteiger charge is -2.15. The first kappa shape index (κ1) is 17.3. The largest absolute Gasteiger partial charge is 0.495 e. The average molecular weight is 296 g/mol. The highest BCUT2D eigenvalue weighted by molar-refractivity contribution is 5.95. The number of amides is 1. The summed E-state index contributed by atoms with van der Waals surface area (Å²) in [5.41, 5.74) is 6.78. The predicted octanol–water partition coefficient (Wildman–Crippen LogP) is 2.05. The fourth-order valence-corrected chi connectivity index (χ4v) is 1.66. The minimum Gasteiger partial charge on any atom is -0.495 e. The molecule has 0 aromatic heterocycles. The summed E-state index contributed by atoms with van der Waals surface area (Å²) in [6.07, 6.45) is 0.381. The van der Waals surface area contributed by atoms with Gasteiger partial charge in [-0.3, -0.25) is 4.79 Å². The van der Waals surface area contributed by atoms with Crippen LogP contribution >= 0.6 is 0 Å². The lowest BCUT2D eigenvalue weighted by Crippen LogP contribution is -2.29. The van der Waals surface area contributed by atoms with Crippen molar-refractivity contribution in [1.82, 2.24) is 0 Å². The molecule has 3 N–H and O–H groups in total. The summed E-state index contributed by atoms with van der Waals surface area (Å²) in [4.78, 5) is 12.0. The standard InChI is InChI=1S/C15H24N2O4/c1-4-7-20-8-9-21-11(2)15(18)17-13-10-12(16)5-6-14(13)19-3/h5-6,10-11H,4,7-9,16H2,1-3H3,(H,17,18). The Morgan fingerprint density at radius 2 is 2.10 bits per heavy atom. The summed E-state index contributed by atoms with van der Waals surface area (Å²) in [5.74, 6) is 0.297. The lowest BCUT2D eigenvalue weighted by molar-refractivity contribution is -0.127. The van der Waals surface area contributed by atoms with E-state index in [1.54, 1.807) is 25.1 Å². The van der Waals surface area contributed by atoms with Gasteiger partial charge in [0.05, 0.1) is 26.0 Å². The molecule has 118 valence electrons. The van der Waals surface area contributed by atoms with E-state index in [1.807, 2.05) is 6.92 Å². The molecule has 1 aromatic carbocycles. The van der Waals surface area contributed by atoms with Crippen LogP contribution in [0.25, 0.3) is 0 Å². The Bertz CT molecular complexity index is 451. The Kier molecular flexibility index (Phi) is 7.56. The molecular formula is C15H24N2O4. The van der Waals surface area contributed by atoms with E-state index in [0.717, 1.165) is 6.42 Å². The third-order valence-corrected chi connectivity index (χ3v) is 2.79. The van der Waals surface area contributed by atoms with Crippen LogP contribution in [0, 0.1) is 0 Å². The number of carbonyl (C=O) groups is 1. The SMILES string of the molecule is CCCOCCOC(C)C(=O)Nc1cc(N)ccc1OC. The first-order valence-corrected chi connectivity index (χ1v) is 7.02. The van der Waals surface area contributed by atoms with E-state index in [9.17, 15) is 4.79 Å². The molecular weight excluding hydrogens is 272 g/mol. The molecule has 0 bridgehead atoms. The molecule has 1 rings (SSSR count). The highest BCUT2D eigenvalue weighted by Gasteiger charge is 2.15. The number of nitrogens with one attached hydrogen (secondary N) is 1. The fourth-order valence-electron chi connectivity index (χ4n) is 1.66. The van der Waals surface area contributed by atoms with Crippen molar-refractivity contribution in [1.29, 1.82) is 0 Å². The molecule has 0 aliphatic heterocycles. The highest BCUT2D eigenvalue weighted by atomic mass is 16.5. The molecule has 0 saturated carbocycles. The third kappa shape index (κ3) is 6.01. The van der Waals surface area contributed by atoms with Gasteiger partial charge in [-0.1, -0.05) is 6.92 Å². The van der Waals surface area contributed by atoms with Crippen molar-refractivity contribution in [2.45, 2.75) is 26.4 Å². The van der Waals surface area contributed by atoms with Crippen LogP contribution in [0.5, 0.6) is 5.75 Å². The van der Waals surface area contributed by atoms with Crippen molar-refractivity contribution in [3.63, 3.8) is 0 Å². The van der Waals surface area contributed by atoms with E-state index in [4.69, 9.17) is 19.9 Å². The monoisotopic (exact) mass is 296 g/mol. The summed E-state index contributed by atoms with van der Waals surface area (Å²) in [6, 6.07) is 5.06. The van der Waals surface area contributed by atoms with Crippen LogP contribution < -0.4 is 15.8 Å². The summed E-state index contributed by atoms with van der Waals surface area (Å²) < 4.78 is 15.9. The van der Waals surface area contributed by atoms with Gasteiger partial charge in [-0.2, -0.15) is 0 Å². The van der Waals surface area contributed by atoms with E-state index < -0.39 is 6.10 Å². The number of anilines is 2. The molecule has 0 heterocycles. The minimum absolute atomic E-state index is 0.255. The predicted molar refractivity (Wildman–Crippen MR) is 82.6 cm³/mol. The van der Waals surface area contributed by atoms with Gasteiger partial charge < -0.3 is 25.3 Å². The van der Waals surface area contributed by atoms with Crippen LogP contribution in [-0.2, 0) is 14.3 Å². The average Bonchev–Trinajstić information content (AvgIpc) is 2.47. The smallest absolute Gasteiger partial charge is 0.253 e. The van der Waals surface area contributed by atoms with Crippen LogP contribution in [0.2, 0.25) is 0 Å². The molecule has 1 unspecified atom stereocenters. The topological polar surface area (TPSA) is 82.8 Å². The number of hydrogen-bond acceptors (Lipinski definition) is 5. The summed E-state index contributed by atoms with van der Waals surface area (Å²) in [6.45, 7) is 5.28. The van der Waals surface area contributed by atoms with Crippen molar-refractivity contribution >= 4 is 17.3 Å². The molecule has 0 fully saturated rings. The van der Waals surface area contributed by atoms with Crippen LogP contribution in [0.15, 0.2) is 18.2 Å². The number of nitrogens with two attached hydrogens (primary N) is 1. The maximum absolute atomic E-state index is 12.0. The Balaban J connectivity index is 2.46. The van der Waals surface area contributed by atoms with Crippen LogP contribution in [0.1, 0.15) is 20.3 Å². The summed E-state index contributed by atoms with van der Waals surface area (Å²) in [7, 11) is 1.53. The second kappa shape index (κ2) is 9.20. The zero-order valence-corrected chi connectivity index (χ0v) is 12.8. The van der Waals surface area contributed by atoms with Gasteiger partial charge >= 0.3 is 0 Å². The first-order valence-electron chi connectivity index (χ1n) is 7.02. The Morgan fingerprint density at radius 1 is 1.33 bits per heavy atom. The number of hydrogen-bond donors (Lipinski definition) is 2. The van der Waals surface area contributed by atoms with E-state index in [1.165, 1.54) is 7.11 Å². The van der Waals surface area contributed by atoms with Gasteiger partial charge in [0, 0.05) is 12.3 Å². The van der Waals surface area contributed by atoms with Crippen LogP contribution in [0.4, 0.5) is 11.4 Å². The third-order valence-electron chi connectivity index (χ3n) is 2.79. The maximum atomic E-state index is 12.0. The van der Waals surface area contributed by atoms with Crippen molar-refractivity contribution in [2.24, 2.45) is 0 Å². The number of methoxy groups -OCH3 is 1. The summed E-state index contributed by atoms with van der Waals surface area (Å²) in [5, 5.41) is 2.74. The van der Waals surface area contributed by atoms with E-state index in [0.29, 0.717) is 36.9 Å². The van der Waals surface area contributed by atoms with Crippen LogP contribution in [0.3, 0.4) is 0 Å². The second-order valence-corrected chi connectivity index (χ2v) is 4.57. The van der Waals surface area contributed by atoms with Crippen molar-refractivity contribution < 1.29 is 19.0 Å². The number of benzene rings is 1. The highest BCUT2D eigenvalue weighted by Crippen LogP contribution is 2.26. The number of ether oxygens (including phenoxy) is 3. The molecule has 0 aliphatic carbocycles. The molecule has 6 nitrogen and oxygen atoms in total. The first-order chi connectivity index (χ1) is 10.1. The van der Waals surface area contributed by atoms with Crippen molar-refractivity contribution in [3.05, 3.63) is 18.2 Å². The molecule has 0 aliphatic rings. The van der Waals surface area contributed by atoms with Gasteiger partial charge in [-0.25, -0.2) is 0 Å². The van der Waals surface area contributed by atoms with E-state index >= 15 is 0 Å². The van der Waals surface area contributed by atoms with Gasteiger partial charge in [0.15, 0.2) is 0 Å². The minimum atomic E-state index is -0.582. The second-order valence-electron chi connectivity index (χ2n) is 4.57. The van der Waals surface area contributed by atoms with Gasteiger partial charge in [0.2, 0.25) is 0 Å². The molecule has 1 atom stereocenters. The number of rotatable bonds is 9. The van der Waals surface area contributed by atoms with E-state index in [2.05, 4.69) is 5.32 Å². The molecule has 0 saturated heterocycles. The zero-order chi connectivity index (χ0) is 15.7. The van der Waals surface area contributed by atoms with Crippen LogP contribution in [-0.4, -0.2) is 38.9 Å². The number of carbonyl (C=O) groups excluding carboxylic acids is 1. The summed E-state index contributed by atoms with van der Waals surface area (Å²) >= 11 is 0. The van der Waals surface area contributed by atoms with Gasteiger partial charge in [-0.05, 0) is 31.5 Å². The maximum Gasteiger partial charge on any atom is 0.253 e. The van der Waals surface area contributed by atoms with Gasteiger partial charge in [0.25, 0.3) is 5.91 Å². The molecule has 21 heavy (non-hydrogen) atoms. The zero-order valence-electron chi connectivity index (χ0n) is 12.8. The van der Waals surface area contributed by atoms with Crippen molar-refractivity contribution in [2.75, 3.05) is 38.0 Å². The lowest BCUT2D eigenvalue weighted by atomic mass is 10.2. The Labute approximate surface area is 125 Å². The fraction of sp³-hybridized carbons (Fsp3) is 0.533. The Morgan fingerprint density at radius 3 is 2.76 bits per heavy atom.